The second-order valence-electron chi connectivity index (χ2n) is 4.94. The summed E-state index contributed by atoms with van der Waals surface area (Å²) in [5.41, 5.74) is 0.864. The monoisotopic (exact) mass is 298 g/mol. The van der Waals surface area contributed by atoms with Crippen molar-refractivity contribution in [1.29, 1.82) is 0 Å². The Morgan fingerprint density at radius 1 is 0.905 bits per heavy atom. The number of benzene rings is 3. The van der Waals surface area contributed by atoms with Gasteiger partial charge in [0.15, 0.2) is 0 Å². The van der Waals surface area contributed by atoms with Crippen molar-refractivity contribution >= 4 is 22.4 Å². The van der Waals surface area contributed by atoms with Crippen LogP contribution in [0.3, 0.4) is 0 Å². The molecule has 0 aliphatic heterocycles. The van der Waals surface area contributed by atoms with Gasteiger partial charge in [-0.2, -0.15) is 0 Å². The lowest BCUT2D eigenvalue weighted by Gasteiger charge is -2.11. The highest BCUT2D eigenvalue weighted by Crippen LogP contribution is 2.34. The van der Waals surface area contributed by atoms with Crippen molar-refractivity contribution in [2.24, 2.45) is 0 Å². The minimum Gasteiger partial charge on any atom is -0.457 e. The quantitative estimate of drug-likeness (QED) is 0.707. The van der Waals surface area contributed by atoms with E-state index in [-0.39, 0.29) is 0 Å². The number of aliphatic hydroxyl groups is 1. The molecule has 21 heavy (non-hydrogen) atoms. The number of aliphatic hydroxyl groups excluding tert-OH is 1. The van der Waals surface area contributed by atoms with Gasteiger partial charge in [0.25, 0.3) is 0 Å². The van der Waals surface area contributed by atoms with Crippen LogP contribution in [-0.2, 0) is 0 Å². The van der Waals surface area contributed by atoms with Gasteiger partial charge in [-0.05, 0) is 36.8 Å². The Morgan fingerprint density at radius 2 is 1.57 bits per heavy atom. The van der Waals surface area contributed by atoms with Crippen LogP contribution < -0.4 is 4.74 Å². The van der Waals surface area contributed by atoms with Crippen LogP contribution in [0.1, 0.15) is 18.6 Å². The highest BCUT2D eigenvalue weighted by molar-refractivity contribution is 6.35. The van der Waals surface area contributed by atoms with E-state index in [4.69, 9.17) is 16.3 Å². The van der Waals surface area contributed by atoms with Crippen LogP contribution in [-0.4, -0.2) is 5.11 Å². The average molecular weight is 299 g/mol. The molecule has 0 amide bonds. The van der Waals surface area contributed by atoms with E-state index in [1.54, 1.807) is 6.92 Å². The van der Waals surface area contributed by atoms with Crippen molar-refractivity contribution < 1.29 is 9.84 Å². The molecule has 0 heterocycles. The Labute approximate surface area is 128 Å². The molecular formula is C18H15ClO2. The van der Waals surface area contributed by atoms with Crippen molar-refractivity contribution in [1.82, 2.24) is 0 Å². The van der Waals surface area contributed by atoms with E-state index < -0.39 is 6.10 Å². The molecule has 3 rings (SSSR count). The van der Waals surface area contributed by atoms with Gasteiger partial charge in [0, 0.05) is 15.8 Å². The predicted octanol–water partition coefficient (Wildman–Crippen LogP) is 5.34. The first kappa shape index (κ1) is 13.9. The maximum Gasteiger partial charge on any atom is 0.135 e. The molecule has 0 saturated carbocycles. The summed E-state index contributed by atoms with van der Waals surface area (Å²) in [5.74, 6) is 1.49. The molecule has 1 atom stereocenters. The van der Waals surface area contributed by atoms with E-state index in [9.17, 15) is 5.11 Å². The minimum atomic E-state index is -0.476. The van der Waals surface area contributed by atoms with Crippen molar-refractivity contribution in [3.05, 3.63) is 71.2 Å². The fraction of sp³-hybridized carbons (Fsp3) is 0.111. The molecule has 0 radical (unpaired) electrons. The number of ether oxygens (including phenoxy) is 1. The van der Waals surface area contributed by atoms with Crippen LogP contribution in [0.15, 0.2) is 60.7 Å². The summed E-state index contributed by atoms with van der Waals surface area (Å²) in [4.78, 5) is 0. The van der Waals surface area contributed by atoms with Crippen LogP contribution in [0, 0.1) is 0 Å². The third-order valence-corrected chi connectivity index (χ3v) is 3.75. The van der Waals surface area contributed by atoms with Crippen molar-refractivity contribution in [2.75, 3.05) is 0 Å². The summed E-state index contributed by atoms with van der Waals surface area (Å²) in [7, 11) is 0. The zero-order chi connectivity index (χ0) is 14.8. The molecule has 0 aromatic heterocycles. The second kappa shape index (κ2) is 5.76. The molecule has 1 unspecified atom stereocenters. The van der Waals surface area contributed by atoms with Crippen LogP contribution in [0.4, 0.5) is 0 Å². The molecule has 3 aromatic rings. The minimum absolute atomic E-state index is 0.476. The van der Waals surface area contributed by atoms with Crippen LogP contribution in [0.2, 0.25) is 5.02 Å². The molecule has 0 bridgehead atoms. The highest BCUT2D eigenvalue weighted by atomic mass is 35.5. The Hall–Kier alpha value is -2.03. The van der Waals surface area contributed by atoms with Crippen molar-refractivity contribution in [3.8, 4) is 11.5 Å². The van der Waals surface area contributed by atoms with Crippen LogP contribution >= 0.6 is 11.6 Å². The zero-order valence-corrected chi connectivity index (χ0v) is 12.3. The van der Waals surface area contributed by atoms with Gasteiger partial charge in [-0.25, -0.2) is 0 Å². The van der Waals surface area contributed by atoms with Gasteiger partial charge in [-0.1, -0.05) is 48.0 Å². The smallest absolute Gasteiger partial charge is 0.135 e. The number of hydrogen-bond acceptors (Lipinski definition) is 2. The summed E-state index contributed by atoms with van der Waals surface area (Å²) in [5, 5.41) is 12.2. The maximum absolute atomic E-state index is 9.52. The third kappa shape index (κ3) is 2.87. The summed E-state index contributed by atoms with van der Waals surface area (Å²) >= 11 is 6.20. The normalized spacial score (nSPS) is 12.3. The molecule has 0 aliphatic rings. The average Bonchev–Trinajstić information content (AvgIpc) is 2.51. The van der Waals surface area contributed by atoms with E-state index in [0.717, 1.165) is 27.8 Å². The first-order valence-corrected chi connectivity index (χ1v) is 7.16. The van der Waals surface area contributed by atoms with Gasteiger partial charge in [0.1, 0.15) is 11.5 Å². The summed E-state index contributed by atoms with van der Waals surface area (Å²) in [6, 6.07) is 19.0. The van der Waals surface area contributed by atoms with Gasteiger partial charge in [-0.3, -0.25) is 0 Å². The van der Waals surface area contributed by atoms with Gasteiger partial charge in [0.2, 0.25) is 0 Å². The first-order valence-electron chi connectivity index (χ1n) is 6.78. The van der Waals surface area contributed by atoms with Gasteiger partial charge < -0.3 is 9.84 Å². The molecular weight excluding hydrogens is 284 g/mol. The lowest BCUT2D eigenvalue weighted by Crippen LogP contribution is -1.91. The van der Waals surface area contributed by atoms with Gasteiger partial charge >= 0.3 is 0 Å². The number of halogens is 1. The Bertz CT molecular complexity index is 764. The van der Waals surface area contributed by atoms with E-state index in [1.165, 1.54) is 0 Å². The van der Waals surface area contributed by atoms with Crippen molar-refractivity contribution in [3.63, 3.8) is 0 Å². The summed E-state index contributed by atoms with van der Waals surface area (Å²) in [6.45, 7) is 1.74. The lowest BCUT2D eigenvalue weighted by atomic mass is 10.1. The van der Waals surface area contributed by atoms with Crippen LogP contribution in [0.5, 0.6) is 11.5 Å². The molecule has 1 N–H and O–H groups in total. The SMILES string of the molecule is CC(O)c1ccc(Oc2ccc(Cl)c3ccccc23)cc1. The first-order chi connectivity index (χ1) is 10.1. The molecule has 3 heteroatoms. The number of fused-ring (bicyclic) bond motifs is 1. The van der Waals surface area contributed by atoms with Gasteiger partial charge in [0.05, 0.1) is 6.10 Å². The molecule has 0 fully saturated rings. The largest absolute Gasteiger partial charge is 0.457 e. The summed E-state index contributed by atoms with van der Waals surface area (Å²) in [6.07, 6.45) is -0.476. The fourth-order valence-corrected chi connectivity index (χ4v) is 2.49. The lowest BCUT2D eigenvalue weighted by molar-refractivity contribution is 0.199. The Kier molecular flexibility index (Phi) is 3.82. The van der Waals surface area contributed by atoms with Crippen LogP contribution in [0.25, 0.3) is 10.8 Å². The standard InChI is InChI=1S/C18H15ClO2/c1-12(20)13-6-8-14(9-7-13)21-18-11-10-17(19)15-4-2-3-5-16(15)18/h2-12,20H,1H3. The van der Waals surface area contributed by atoms with Gasteiger partial charge in [-0.15, -0.1) is 0 Å². The number of hydrogen-bond donors (Lipinski definition) is 1. The molecule has 0 saturated heterocycles. The second-order valence-corrected chi connectivity index (χ2v) is 5.35. The topological polar surface area (TPSA) is 29.5 Å². The molecule has 106 valence electrons. The van der Waals surface area contributed by atoms with E-state index >= 15 is 0 Å². The Balaban J connectivity index is 1.96. The number of rotatable bonds is 3. The molecule has 0 aliphatic carbocycles. The zero-order valence-electron chi connectivity index (χ0n) is 11.6. The molecule has 3 aromatic carbocycles. The Morgan fingerprint density at radius 3 is 2.24 bits per heavy atom. The third-order valence-electron chi connectivity index (χ3n) is 3.42. The maximum atomic E-state index is 9.52. The van der Waals surface area contributed by atoms with E-state index in [0.29, 0.717) is 5.02 Å². The van der Waals surface area contributed by atoms with E-state index in [1.807, 2.05) is 60.7 Å². The molecule has 0 spiro atoms. The summed E-state index contributed by atoms with van der Waals surface area (Å²) < 4.78 is 5.94. The molecule has 2 nitrogen and oxygen atoms in total. The highest BCUT2D eigenvalue weighted by Gasteiger charge is 2.07. The van der Waals surface area contributed by atoms with Crippen molar-refractivity contribution in [2.45, 2.75) is 13.0 Å². The van der Waals surface area contributed by atoms with E-state index in [2.05, 4.69) is 0 Å². The fourth-order valence-electron chi connectivity index (χ4n) is 2.27. The predicted molar refractivity (Wildman–Crippen MR) is 86.1 cm³/mol.